The molecule has 0 N–H and O–H groups in total. The van der Waals surface area contributed by atoms with Crippen LogP contribution in [0.2, 0.25) is 0 Å². The van der Waals surface area contributed by atoms with Crippen molar-refractivity contribution in [2.24, 2.45) is 0 Å². The minimum atomic E-state index is -0.297. The molecule has 1 aliphatic heterocycles. The highest BCUT2D eigenvalue weighted by Gasteiger charge is 2.38. The summed E-state index contributed by atoms with van der Waals surface area (Å²) in [5.74, 6) is 0. The molecule has 0 bridgehead atoms. The van der Waals surface area contributed by atoms with Crippen LogP contribution in [0.15, 0.2) is 218 Å². The van der Waals surface area contributed by atoms with Crippen LogP contribution in [0, 0.1) is 0 Å². The van der Waals surface area contributed by atoms with Crippen LogP contribution in [0.5, 0.6) is 0 Å². The van der Waals surface area contributed by atoms with Crippen molar-refractivity contribution in [2.45, 2.75) is 19.3 Å². The van der Waals surface area contributed by atoms with E-state index < -0.39 is 0 Å². The average Bonchev–Trinajstić information content (AvgIpc) is 3.64. The van der Waals surface area contributed by atoms with E-state index in [9.17, 15) is 0 Å². The lowest BCUT2D eigenvalue weighted by molar-refractivity contribution is 0.632. The number of rotatable bonds is 6. The van der Waals surface area contributed by atoms with Gasteiger partial charge in [-0.15, -0.1) is 0 Å². The largest absolute Gasteiger partial charge is 0.310 e. The number of para-hydroxylation sites is 2. The minimum Gasteiger partial charge on any atom is -0.310 e. The molecule has 10 aromatic rings. The summed E-state index contributed by atoms with van der Waals surface area (Å²) < 4.78 is 2.39. The molecule has 0 aliphatic carbocycles. The predicted molar refractivity (Wildman–Crippen MR) is 249 cm³/mol. The van der Waals surface area contributed by atoms with Crippen molar-refractivity contribution in [3.05, 3.63) is 230 Å². The summed E-state index contributed by atoms with van der Waals surface area (Å²) in [4.78, 5) is 2.50. The molecule has 11 rings (SSSR count). The van der Waals surface area contributed by atoms with Crippen molar-refractivity contribution >= 4 is 38.9 Å². The van der Waals surface area contributed by atoms with Gasteiger partial charge in [-0.25, -0.2) is 0 Å². The van der Waals surface area contributed by atoms with E-state index >= 15 is 0 Å². The van der Waals surface area contributed by atoms with Crippen molar-refractivity contribution in [2.75, 3.05) is 4.90 Å². The second kappa shape index (κ2) is 13.9. The molecule has 0 saturated heterocycles. The fourth-order valence-electron chi connectivity index (χ4n) is 9.35. The zero-order valence-corrected chi connectivity index (χ0v) is 33.2. The monoisotopic (exact) mass is 754 g/mol. The van der Waals surface area contributed by atoms with Gasteiger partial charge in [0.15, 0.2) is 0 Å². The van der Waals surface area contributed by atoms with Gasteiger partial charge in [0.1, 0.15) is 0 Å². The molecule has 2 nitrogen and oxygen atoms in total. The Morgan fingerprint density at radius 3 is 1.32 bits per heavy atom. The molecule has 0 spiro atoms. The van der Waals surface area contributed by atoms with Crippen molar-refractivity contribution in [1.82, 2.24) is 4.57 Å². The quantitative estimate of drug-likeness (QED) is 0.164. The third-order valence-corrected chi connectivity index (χ3v) is 12.3. The molecule has 0 fully saturated rings. The zero-order valence-electron chi connectivity index (χ0n) is 33.2. The Labute approximate surface area is 345 Å². The summed E-state index contributed by atoms with van der Waals surface area (Å²) in [6.07, 6.45) is 0. The third-order valence-electron chi connectivity index (χ3n) is 12.3. The zero-order chi connectivity index (χ0) is 39.5. The van der Waals surface area contributed by atoms with Gasteiger partial charge in [0.05, 0.1) is 22.4 Å². The van der Waals surface area contributed by atoms with Crippen LogP contribution in [0.25, 0.3) is 72.0 Å². The van der Waals surface area contributed by atoms with Gasteiger partial charge in [0.2, 0.25) is 0 Å². The van der Waals surface area contributed by atoms with Gasteiger partial charge in [0.25, 0.3) is 0 Å². The molecule has 1 aliphatic rings. The Hall–Kier alpha value is -7.42. The Kier molecular flexibility index (Phi) is 8.20. The number of hydrogen-bond acceptors (Lipinski definition) is 1. The van der Waals surface area contributed by atoms with Crippen molar-refractivity contribution in [3.8, 4) is 50.2 Å². The van der Waals surface area contributed by atoms with Crippen LogP contribution in [0.3, 0.4) is 0 Å². The molecule has 9 aromatic carbocycles. The minimum absolute atomic E-state index is 0.297. The first kappa shape index (κ1) is 34.8. The first-order valence-electron chi connectivity index (χ1n) is 20.5. The molecule has 0 unspecified atom stereocenters. The third kappa shape index (κ3) is 5.87. The maximum Gasteiger partial charge on any atom is 0.0541 e. The van der Waals surface area contributed by atoms with E-state index in [0.717, 1.165) is 5.69 Å². The molecule has 59 heavy (non-hydrogen) atoms. The van der Waals surface area contributed by atoms with Gasteiger partial charge in [-0.05, 0) is 128 Å². The number of benzene rings is 9. The van der Waals surface area contributed by atoms with E-state index in [0.29, 0.717) is 0 Å². The summed E-state index contributed by atoms with van der Waals surface area (Å²) in [6, 6.07) is 80.0. The van der Waals surface area contributed by atoms with Gasteiger partial charge in [-0.2, -0.15) is 0 Å². The molecule has 0 atom stereocenters. The first-order chi connectivity index (χ1) is 29.0. The first-order valence-corrected chi connectivity index (χ1v) is 20.5. The van der Waals surface area contributed by atoms with E-state index in [1.165, 1.54) is 94.5 Å². The summed E-state index contributed by atoms with van der Waals surface area (Å²) in [5, 5.41) is 2.51. The fourth-order valence-corrected chi connectivity index (χ4v) is 9.35. The normalized spacial score (nSPS) is 13.0. The highest BCUT2D eigenvalue weighted by atomic mass is 15.2. The molecule has 0 amide bonds. The maximum atomic E-state index is 2.50. The Morgan fingerprint density at radius 2 is 0.746 bits per heavy atom. The number of anilines is 3. The second-order valence-electron chi connectivity index (χ2n) is 16.2. The van der Waals surface area contributed by atoms with Crippen LogP contribution in [0.4, 0.5) is 17.1 Å². The highest BCUT2D eigenvalue weighted by Crippen LogP contribution is 2.54. The second-order valence-corrected chi connectivity index (χ2v) is 16.2. The molecule has 1 aromatic heterocycles. The van der Waals surface area contributed by atoms with Crippen LogP contribution >= 0.6 is 0 Å². The molecular formula is C57H42N2. The molecule has 2 heterocycles. The molecule has 2 heteroatoms. The van der Waals surface area contributed by atoms with E-state index in [2.05, 4.69) is 242 Å². The van der Waals surface area contributed by atoms with Crippen LogP contribution in [0.1, 0.15) is 25.0 Å². The van der Waals surface area contributed by atoms with Gasteiger partial charge >= 0.3 is 0 Å². The molecular weight excluding hydrogens is 713 g/mol. The summed E-state index contributed by atoms with van der Waals surface area (Å²) in [6.45, 7) is 4.79. The van der Waals surface area contributed by atoms with Crippen molar-refractivity contribution in [3.63, 3.8) is 0 Å². The predicted octanol–water partition coefficient (Wildman–Crippen LogP) is 15.6. The van der Waals surface area contributed by atoms with E-state index in [-0.39, 0.29) is 5.41 Å². The average molecular weight is 755 g/mol. The number of fused-ring (bicyclic) bond motifs is 5. The lowest BCUT2D eigenvalue weighted by atomic mass is 9.72. The van der Waals surface area contributed by atoms with Crippen molar-refractivity contribution < 1.29 is 0 Å². The number of aromatic nitrogens is 1. The smallest absolute Gasteiger partial charge is 0.0541 e. The standard InChI is InChI=1S/C57H42N2/c1-57(2)51-37-43(39-17-7-3-8-18-39)28-31-55(51)59(48-34-45(40-19-9-4-10-20-40)33-46(35-48)41-21-11-5-12-22-41)56-32-29-44(38-52(56)57)42-27-30-54-50(36-42)49-25-15-16-26-53(49)58(54)47-23-13-6-14-24-47/h3-38H,1-2H3. The van der Waals surface area contributed by atoms with Crippen LogP contribution in [-0.2, 0) is 5.41 Å². The topological polar surface area (TPSA) is 8.17 Å². The Balaban J connectivity index is 1.13. The van der Waals surface area contributed by atoms with Gasteiger partial charge < -0.3 is 9.47 Å². The van der Waals surface area contributed by atoms with Gasteiger partial charge in [0, 0.05) is 27.6 Å². The van der Waals surface area contributed by atoms with Crippen LogP contribution < -0.4 is 4.90 Å². The molecule has 0 radical (unpaired) electrons. The number of nitrogens with zero attached hydrogens (tertiary/aromatic N) is 2. The molecule has 0 saturated carbocycles. The highest BCUT2D eigenvalue weighted by molar-refractivity contribution is 6.10. The van der Waals surface area contributed by atoms with Crippen LogP contribution in [-0.4, -0.2) is 4.57 Å². The summed E-state index contributed by atoms with van der Waals surface area (Å²) in [7, 11) is 0. The van der Waals surface area contributed by atoms with E-state index in [1.54, 1.807) is 0 Å². The Morgan fingerprint density at radius 1 is 0.305 bits per heavy atom. The summed E-state index contributed by atoms with van der Waals surface area (Å²) >= 11 is 0. The van der Waals surface area contributed by atoms with Gasteiger partial charge in [-0.3, -0.25) is 0 Å². The van der Waals surface area contributed by atoms with E-state index in [4.69, 9.17) is 0 Å². The summed E-state index contributed by atoms with van der Waals surface area (Å²) in [5.41, 5.74) is 19.1. The van der Waals surface area contributed by atoms with Gasteiger partial charge in [-0.1, -0.05) is 159 Å². The fraction of sp³-hybridized carbons (Fsp3) is 0.0526. The maximum absolute atomic E-state index is 2.50. The lowest BCUT2D eigenvalue weighted by Crippen LogP contribution is -2.30. The SMILES string of the molecule is CC1(C)c2cc(-c3ccccc3)ccc2N(c2cc(-c3ccccc3)cc(-c3ccccc3)c2)c2ccc(-c3ccc4c(c3)c3ccccc3n4-c3ccccc3)cc21. The van der Waals surface area contributed by atoms with E-state index in [1.807, 2.05) is 0 Å². The lowest BCUT2D eigenvalue weighted by Gasteiger charge is -2.43. The molecule has 280 valence electrons. The van der Waals surface area contributed by atoms with Crippen molar-refractivity contribution in [1.29, 1.82) is 0 Å². The Bertz CT molecular complexity index is 3100. The number of hydrogen-bond donors (Lipinski definition) is 0.